The summed E-state index contributed by atoms with van der Waals surface area (Å²) in [5.74, 6) is 0. The smallest absolute Gasteiger partial charge is 0.401 e. The lowest BCUT2D eigenvalue weighted by molar-refractivity contribution is -0.915. The van der Waals surface area contributed by atoms with Gasteiger partial charge in [0.15, 0.2) is 5.71 Å². The maximum atomic E-state index is 11.9. The molecule has 1 fully saturated rings. The van der Waals surface area contributed by atoms with Gasteiger partial charge in [-0.15, -0.1) is 4.74 Å². The minimum atomic E-state index is -1.02. The van der Waals surface area contributed by atoms with Crippen molar-refractivity contribution >= 4 is 17.1 Å². The number of hydrogen-bond donors (Lipinski definition) is 2. The predicted molar refractivity (Wildman–Crippen MR) is 52.8 cm³/mol. The topological polar surface area (TPSA) is 81.9 Å². The Morgan fingerprint density at radius 1 is 1.40 bits per heavy atom. The zero-order valence-corrected chi connectivity index (χ0v) is 8.77. The first-order valence-corrected chi connectivity index (χ1v) is 4.91. The molecule has 2 N–H and O–H groups in total. The van der Waals surface area contributed by atoms with Crippen molar-refractivity contribution in [1.82, 2.24) is 0 Å². The Bertz CT molecular complexity index is 407. The molecule has 6 heteroatoms. The molecule has 0 aromatic heterocycles. The molecule has 0 unspecified atom stereocenters. The molecule has 1 aliphatic carbocycles. The summed E-state index contributed by atoms with van der Waals surface area (Å²) in [6, 6.07) is 0. The molecule has 0 atom stereocenters. The molecule has 0 radical (unpaired) electrons. The van der Waals surface area contributed by atoms with E-state index in [1.165, 1.54) is 0 Å². The zero-order valence-electron chi connectivity index (χ0n) is 8.77. The Kier molecular flexibility index (Phi) is 1.95. The average molecular weight is 212 g/mol. The molecule has 0 aromatic rings. The molecule has 82 valence electrons. The minimum Gasteiger partial charge on any atom is -0.618 e. The van der Waals surface area contributed by atoms with Crippen molar-refractivity contribution in [2.24, 2.45) is 5.16 Å². The van der Waals surface area contributed by atoms with Gasteiger partial charge in [0.25, 0.3) is 5.71 Å². The lowest BCUT2D eigenvalue weighted by atomic mass is 9.94. The monoisotopic (exact) mass is 212 g/mol. The Labute approximate surface area is 87.0 Å². The standard InChI is InChI=1S/C9H13N3O3/c1-9(2)11(14)7-5-3-4-6(10-13)8(7)12(9)15/h15H,3-5H2,1-2H3/p+1. The first-order chi connectivity index (χ1) is 7.00. The molecule has 0 aromatic carbocycles. The SMILES string of the molecule is CC1(C)[N+]([O-])=C2CCC/C(=N\O)C2=[N+]1O. The van der Waals surface area contributed by atoms with Gasteiger partial charge in [0.05, 0.1) is 18.6 Å². The van der Waals surface area contributed by atoms with Crippen LogP contribution in [-0.4, -0.2) is 42.7 Å². The second-order valence-corrected chi connectivity index (χ2v) is 4.30. The highest BCUT2D eigenvalue weighted by molar-refractivity contribution is 6.66. The first-order valence-electron chi connectivity index (χ1n) is 4.91. The Morgan fingerprint density at radius 3 is 2.67 bits per heavy atom. The molecule has 2 rings (SSSR count). The maximum absolute atomic E-state index is 11.9. The molecule has 0 amide bonds. The van der Waals surface area contributed by atoms with E-state index in [4.69, 9.17) is 5.21 Å². The summed E-state index contributed by atoms with van der Waals surface area (Å²) in [6.07, 6.45) is 1.95. The number of oxime groups is 1. The van der Waals surface area contributed by atoms with E-state index in [-0.39, 0.29) is 0 Å². The zero-order chi connectivity index (χ0) is 11.2. The van der Waals surface area contributed by atoms with E-state index in [1.807, 2.05) is 0 Å². The third kappa shape index (κ3) is 1.14. The van der Waals surface area contributed by atoms with Gasteiger partial charge < -0.3 is 10.4 Å². The van der Waals surface area contributed by atoms with Crippen molar-refractivity contribution in [1.29, 1.82) is 0 Å². The Morgan fingerprint density at radius 2 is 2.07 bits per heavy atom. The summed E-state index contributed by atoms with van der Waals surface area (Å²) in [4.78, 5) is 0. The van der Waals surface area contributed by atoms with E-state index in [1.54, 1.807) is 13.8 Å². The lowest BCUT2D eigenvalue weighted by Gasteiger charge is -2.11. The average Bonchev–Trinajstić information content (AvgIpc) is 2.41. The van der Waals surface area contributed by atoms with Crippen molar-refractivity contribution in [3.63, 3.8) is 0 Å². The maximum Gasteiger partial charge on any atom is 0.401 e. The highest BCUT2D eigenvalue weighted by Gasteiger charge is 2.56. The van der Waals surface area contributed by atoms with Gasteiger partial charge in [0.2, 0.25) is 0 Å². The number of rotatable bonds is 0. The van der Waals surface area contributed by atoms with Crippen LogP contribution in [0.2, 0.25) is 0 Å². The number of hydrogen-bond acceptors (Lipinski definition) is 4. The van der Waals surface area contributed by atoms with Gasteiger partial charge in [-0.1, -0.05) is 5.16 Å². The van der Waals surface area contributed by atoms with Crippen LogP contribution in [0, 0.1) is 5.21 Å². The van der Waals surface area contributed by atoms with Crippen molar-refractivity contribution in [2.45, 2.75) is 38.8 Å². The molecule has 15 heavy (non-hydrogen) atoms. The fraction of sp³-hybridized carbons (Fsp3) is 0.667. The van der Waals surface area contributed by atoms with Crippen LogP contribution >= 0.6 is 0 Å². The van der Waals surface area contributed by atoms with Crippen molar-refractivity contribution < 1.29 is 19.9 Å². The largest absolute Gasteiger partial charge is 0.618 e. The lowest BCUT2D eigenvalue weighted by Crippen LogP contribution is -2.40. The second-order valence-electron chi connectivity index (χ2n) is 4.30. The van der Waals surface area contributed by atoms with Crippen molar-refractivity contribution in [3.8, 4) is 0 Å². The minimum absolute atomic E-state index is 0.365. The van der Waals surface area contributed by atoms with Crippen LogP contribution in [0.5, 0.6) is 0 Å². The van der Waals surface area contributed by atoms with Crippen LogP contribution in [0.25, 0.3) is 0 Å². The fourth-order valence-corrected chi connectivity index (χ4v) is 2.06. The van der Waals surface area contributed by atoms with E-state index in [9.17, 15) is 10.4 Å². The molecule has 1 saturated carbocycles. The fourth-order valence-electron chi connectivity index (χ4n) is 2.06. The molecule has 0 spiro atoms. The van der Waals surface area contributed by atoms with Crippen molar-refractivity contribution in [2.75, 3.05) is 0 Å². The normalized spacial score (nSPS) is 27.5. The number of fused-ring (bicyclic) bond motifs is 1. The summed E-state index contributed by atoms with van der Waals surface area (Å²) >= 11 is 0. The van der Waals surface area contributed by atoms with E-state index in [0.29, 0.717) is 30.0 Å². The summed E-state index contributed by atoms with van der Waals surface area (Å²) in [5, 5.41) is 33.7. The molecule has 2 aliphatic rings. The molecular formula is C9H14N3O3+. The number of hydroxylamine groups is 2. The molecule has 0 bridgehead atoms. The van der Waals surface area contributed by atoms with Gasteiger partial charge in [-0.05, 0) is 6.42 Å². The van der Waals surface area contributed by atoms with Gasteiger partial charge in [0, 0.05) is 12.8 Å². The molecule has 1 aliphatic heterocycles. The van der Waals surface area contributed by atoms with E-state index in [0.717, 1.165) is 15.9 Å². The van der Waals surface area contributed by atoms with E-state index < -0.39 is 5.66 Å². The van der Waals surface area contributed by atoms with Crippen LogP contribution in [0.4, 0.5) is 0 Å². The third-order valence-corrected chi connectivity index (χ3v) is 2.97. The summed E-state index contributed by atoms with van der Waals surface area (Å²) in [5.41, 5.74) is 0.223. The van der Waals surface area contributed by atoms with Crippen LogP contribution in [-0.2, 0) is 0 Å². The second kappa shape index (κ2) is 2.95. The quantitative estimate of drug-likeness (QED) is 0.266. The summed E-state index contributed by atoms with van der Waals surface area (Å²) in [7, 11) is 0. The first kappa shape index (κ1) is 9.95. The van der Waals surface area contributed by atoms with E-state index in [2.05, 4.69) is 5.16 Å². The number of nitrogens with zero attached hydrogens (tertiary/aromatic N) is 3. The molecule has 6 nitrogen and oxygen atoms in total. The van der Waals surface area contributed by atoms with Gasteiger partial charge in [-0.3, -0.25) is 5.21 Å². The third-order valence-electron chi connectivity index (χ3n) is 2.97. The molecule has 1 heterocycles. The van der Waals surface area contributed by atoms with E-state index >= 15 is 0 Å². The van der Waals surface area contributed by atoms with Crippen LogP contribution in [0.1, 0.15) is 33.1 Å². The van der Waals surface area contributed by atoms with Gasteiger partial charge in [-0.2, -0.15) is 0 Å². The highest BCUT2D eigenvalue weighted by Crippen LogP contribution is 2.23. The molecular weight excluding hydrogens is 198 g/mol. The van der Waals surface area contributed by atoms with Crippen LogP contribution in [0.3, 0.4) is 0 Å². The van der Waals surface area contributed by atoms with Crippen LogP contribution in [0.15, 0.2) is 5.16 Å². The summed E-state index contributed by atoms with van der Waals surface area (Å²) in [6.45, 7) is 3.24. The molecule has 0 saturated heterocycles. The van der Waals surface area contributed by atoms with Crippen molar-refractivity contribution in [3.05, 3.63) is 5.21 Å². The van der Waals surface area contributed by atoms with Gasteiger partial charge in [-0.25, -0.2) is 0 Å². The summed E-state index contributed by atoms with van der Waals surface area (Å²) < 4.78 is 1.68. The van der Waals surface area contributed by atoms with Gasteiger partial charge in [0.1, 0.15) is 0 Å². The highest BCUT2D eigenvalue weighted by atomic mass is 16.5. The van der Waals surface area contributed by atoms with Crippen LogP contribution < -0.4 is 0 Å². The Balaban J connectivity index is 2.62. The van der Waals surface area contributed by atoms with Gasteiger partial charge >= 0.3 is 11.4 Å². The predicted octanol–water partition coefficient (Wildman–Crippen LogP) is 0.544. The Hall–Kier alpha value is -1.59.